The van der Waals surface area contributed by atoms with Crippen LogP contribution in [-0.2, 0) is 11.2 Å². The molecular formula is C17H20N4O2. The van der Waals surface area contributed by atoms with Crippen molar-refractivity contribution in [1.82, 2.24) is 14.9 Å². The van der Waals surface area contributed by atoms with Crippen molar-refractivity contribution >= 4 is 11.7 Å². The van der Waals surface area contributed by atoms with Gasteiger partial charge in [-0.2, -0.15) is 0 Å². The van der Waals surface area contributed by atoms with Gasteiger partial charge in [-0.3, -0.25) is 4.79 Å². The molecule has 23 heavy (non-hydrogen) atoms. The lowest BCUT2D eigenvalue weighted by molar-refractivity contribution is 0.0651. The lowest BCUT2D eigenvalue weighted by Gasteiger charge is -2.28. The summed E-state index contributed by atoms with van der Waals surface area (Å²) in [5.74, 6) is -0.0110. The molecule has 0 unspecified atom stereocenters. The van der Waals surface area contributed by atoms with Crippen molar-refractivity contribution in [2.24, 2.45) is 0 Å². The molecular weight excluding hydrogens is 292 g/mol. The molecule has 1 aliphatic heterocycles. The zero-order valence-corrected chi connectivity index (χ0v) is 12.9. The number of carbonyl (C=O) groups is 1. The van der Waals surface area contributed by atoms with Gasteiger partial charge in [-0.15, -0.1) is 0 Å². The Balaban J connectivity index is 1.78. The van der Waals surface area contributed by atoms with Crippen LogP contribution < -0.4 is 5.73 Å². The zero-order valence-electron chi connectivity index (χ0n) is 12.9. The summed E-state index contributed by atoms with van der Waals surface area (Å²) in [6.07, 6.45) is 4.59. The number of nitrogens with two attached hydrogens (primary N) is 1. The summed E-state index contributed by atoms with van der Waals surface area (Å²) in [7, 11) is 0. The smallest absolute Gasteiger partial charge is 0.276 e. The van der Waals surface area contributed by atoms with E-state index in [4.69, 9.17) is 10.5 Å². The minimum absolute atomic E-state index is 0.0626. The van der Waals surface area contributed by atoms with Gasteiger partial charge in [0.15, 0.2) is 11.5 Å². The van der Waals surface area contributed by atoms with Gasteiger partial charge in [0.1, 0.15) is 0 Å². The van der Waals surface area contributed by atoms with Gasteiger partial charge in [0.05, 0.1) is 12.6 Å². The van der Waals surface area contributed by atoms with Crippen molar-refractivity contribution in [2.75, 3.05) is 25.5 Å². The van der Waals surface area contributed by atoms with Gasteiger partial charge in [0.2, 0.25) is 0 Å². The average molecular weight is 312 g/mol. The number of rotatable bonds is 5. The molecule has 1 amide bonds. The maximum absolute atomic E-state index is 12.9. The van der Waals surface area contributed by atoms with Crippen LogP contribution in [0.5, 0.6) is 0 Å². The summed E-state index contributed by atoms with van der Waals surface area (Å²) >= 11 is 0. The summed E-state index contributed by atoms with van der Waals surface area (Å²) in [4.78, 5) is 22.8. The molecule has 0 bridgehead atoms. The average Bonchev–Trinajstić information content (AvgIpc) is 3.10. The van der Waals surface area contributed by atoms with Crippen LogP contribution in [-0.4, -0.2) is 46.6 Å². The second kappa shape index (κ2) is 7.19. The lowest BCUT2D eigenvalue weighted by Crippen LogP contribution is -2.42. The second-order valence-electron chi connectivity index (χ2n) is 5.54. The first kappa shape index (κ1) is 15.4. The van der Waals surface area contributed by atoms with Gasteiger partial charge >= 0.3 is 0 Å². The van der Waals surface area contributed by atoms with Gasteiger partial charge in [-0.25, -0.2) is 9.97 Å². The Bertz CT molecular complexity index is 657. The summed E-state index contributed by atoms with van der Waals surface area (Å²) in [6, 6.07) is 10.2. The van der Waals surface area contributed by atoms with Crippen LogP contribution in [0, 0.1) is 0 Å². The van der Waals surface area contributed by atoms with Crippen molar-refractivity contribution < 1.29 is 9.53 Å². The number of carbonyl (C=O) groups excluding carboxylic acids is 1. The number of amides is 1. The number of hydrogen-bond donors (Lipinski definition) is 1. The first-order valence-corrected chi connectivity index (χ1v) is 7.75. The Labute approximate surface area is 135 Å². The molecule has 0 radical (unpaired) electrons. The summed E-state index contributed by atoms with van der Waals surface area (Å²) in [5, 5.41) is 0. The number of anilines is 1. The fourth-order valence-corrected chi connectivity index (χ4v) is 2.76. The van der Waals surface area contributed by atoms with Gasteiger partial charge in [-0.05, 0) is 18.4 Å². The van der Waals surface area contributed by atoms with Crippen LogP contribution in [0.2, 0.25) is 0 Å². The molecule has 0 saturated carbocycles. The quantitative estimate of drug-likeness (QED) is 0.905. The first-order chi connectivity index (χ1) is 11.3. The zero-order chi connectivity index (χ0) is 16.1. The minimum atomic E-state index is -0.179. The monoisotopic (exact) mass is 312 g/mol. The summed E-state index contributed by atoms with van der Waals surface area (Å²) in [5.41, 5.74) is 7.22. The van der Waals surface area contributed by atoms with Crippen LogP contribution in [0.3, 0.4) is 0 Å². The highest BCUT2D eigenvalue weighted by Crippen LogP contribution is 2.18. The third kappa shape index (κ3) is 3.65. The predicted octanol–water partition coefficient (Wildman–Crippen LogP) is 1.53. The van der Waals surface area contributed by atoms with Crippen LogP contribution in [0.1, 0.15) is 22.5 Å². The Hall–Kier alpha value is -2.47. The molecule has 1 aliphatic rings. The van der Waals surface area contributed by atoms with E-state index in [0.717, 1.165) is 12.8 Å². The van der Waals surface area contributed by atoms with Crippen molar-refractivity contribution in [2.45, 2.75) is 18.9 Å². The van der Waals surface area contributed by atoms with E-state index in [0.29, 0.717) is 19.8 Å². The van der Waals surface area contributed by atoms with E-state index in [9.17, 15) is 4.79 Å². The topological polar surface area (TPSA) is 81.3 Å². The third-order valence-electron chi connectivity index (χ3n) is 4.02. The van der Waals surface area contributed by atoms with E-state index >= 15 is 0 Å². The minimum Gasteiger partial charge on any atom is -0.382 e. The van der Waals surface area contributed by atoms with Crippen LogP contribution >= 0.6 is 0 Å². The number of nitrogens with zero attached hydrogens (tertiary/aromatic N) is 3. The molecule has 0 aliphatic carbocycles. The molecule has 2 aromatic rings. The molecule has 1 fully saturated rings. The molecule has 1 aromatic heterocycles. The highest BCUT2D eigenvalue weighted by atomic mass is 16.5. The molecule has 2 heterocycles. The third-order valence-corrected chi connectivity index (χ3v) is 4.02. The van der Waals surface area contributed by atoms with Crippen molar-refractivity contribution in [3.8, 4) is 0 Å². The number of hydrogen-bond acceptors (Lipinski definition) is 5. The highest BCUT2D eigenvalue weighted by Gasteiger charge is 2.29. The fraction of sp³-hybridized carbons (Fsp3) is 0.353. The number of nitrogen functional groups attached to an aromatic ring is 1. The predicted molar refractivity (Wildman–Crippen MR) is 86.9 cm³/mol. The van der Waals surface area contributed by atoms with E-state index in [-0.39, 0.29) is 23.5 Å². The number of aromatic nitrogens is 2. The summed E-state index contributed by atoms with van der Waals surface area (Å²) in [6.45, 7) is 1.84. The molecule has 6 nitrogen and oxygen atoms in total. The van der Waals surface area contributed by atoms with E-state index in [1.54, 1.807) is 0 Å². The normalized spacial score (nSPS) is 17.1. The first-order valence-electron chi connectivity index (χ1n) is 7.75. The molecule has 2 N–H and O–H groups in total. The van der Waals surface area contributed by atoms with E-state index in [1.165, 1.54) is 18.0 Å². The van der Waals surface area contributed by atoms with Gasteiger partial charge in [-0.1, -0.05) is 30.3 Å². The van der Waals surface area contributed by atoms with E-state index in [2.05, 4.69) is 22.1 Å². The fourth-order valence-electron chi connectivity index (χ4n) is 2.76. The molecule has 1 atom stereocenters. The van der Waals surface area contributed by atoms with Gasteiger partial charge in [0.25, 0.3) is 5.91 Å². The molecule has 120 valence electrons. The van der Waals surface area contributed by atoms with Crippen LogP contribution in [0.15, 0.2) is 42.7 Å². The largest absolute Gasteiger partial charge is 0.382 e. The Morgan fingerprint density at radius 3 is 2.74 bits per heavy atom. The van der Waals surface area contributed by atoms with Gasteiger partial charge in [0, 0.05) is 25.5 Å². The highest BCUT2D eigenvalue weighted by molar-refractivity contribution is 5.96. The van der Waals surface area contributed by atoms with Crippen molar-refractivity contribution in [1.29, 1.82) is 0 Å². The standard InChI is InChI=1S/C17H20N4O2/c18-16-15(19-8-9-20-16)17(22)21(14-7-11-23-12-14)10-6-13-4-2-1-3-5-13/h1-5,8-9,14H,6-7,10-12H2,(H2,18,20)/t14-/m1/s1. The van der Waals surface area contributed by atoms with E-state index < -0.39 is 0 Å². The van der Waals surface area contributed by atoms with Crippen LogP contribution in [0.4, 0.5) is 5.82 Å². The molecule has 6 heteroatoms. The Morgan fingerprint density at radius 2 is 2.04 bits per heavy atom. The summed E-state index contributed by atoms with van der Waals surface area (Å²) < 4.78 is 5.45. The van der Waals surface area contributed by atoms with Gasteiger partial charge < -0.3 is 15.4 Å². The lowest BCUT2D eigenvalue weighted by atomic mass is 10.1. The number of ether oxygens (including phenoxy) is 1. The number of benzene rings is 1. The van der Waals surface area contributed by atoms with Crippen molar-refractivity contribution in [3.63, 3.8) is 0 Å². The Kier molecular flexibility index (Phi) is 4.83. The van der Waals surface area contributed by atoms with Crippen molar-refractivity contribution in [3.05, 3.63) is 54.0 Å². The van der Waals surface area contributed by atoms with E-state index in [1.807, 2.05) is 23.1 Å². The maximum atomic E-state index is 12.9. The molecule has 3 rings (SSSR count). The Morgan fingerprint density at radius 1 is 1.26 bits per heavy atom. The maximum Gasteiger partial charge on any atom is 0.276 e. The molecule has 0 spiro atoms. The molecule has 1 saturated heterocycles. The molecule has 1 aromatic carbocycles. The SMILES string of the molecule is Nc1nccnc1C(=O)N(CCc1ccccc1)[C@@H]1CCOC1. The van der Waals surface area contributed by atoms with Crippen LogP contribution in [0.25, 0.3) is 0 Å². The second-order valence-corrected chi connectivity index (χ2v) is 5.54.